The Labute approximate surface area is 179 Å². The lowest BCUT2D eigenvalue weighted by atomic mass is 10.2. The van der Waals surface area contributed by atoms with Gasteiger partial charge in [0.25, 0.3) is 0 Å². The predicted molar refractivity (Wildman–Crippen MR) is 106 cm³/mol. The van der Waals surface area contributed by atoms with Crippen LogP contribution in [0.5, 0.6) is 11.6 Å². The monoisotopic (exact) mass is 452 g/mol. The number of pyridine rings is 1. The van der Waals surface area contributed by atoms with Gasteiger partial charge in [-0.1, -0.05) is 11.3 Å². The van der Waals surface area contributed by atoms with E-state index in [1.54, 1.807) is 20.2 Å². The molecular weight excluding hydrogens is 433 g/mol. The highest BCUT2D eigenvalue weighted by Crippen LogP contribution is 2.47. The lowest BCUT2D eigenvalue weighted by molar-refractivity contribution is -0.145. The number of aromatic nitrogens is 5. The van der Waals surface area contributed by atoms with E-state index in [0.29, 0.717) is 10.8 Å². The largest absolute Gasteiger partial charge is 0.495 e. The molecule has 31 heavy (non-hydrogen) atoms. The molecule has 0 amide bonds. The number of rotatable bonds is 8. The van der Waals surface area contributed by atoms with E-state index in [4.69, 9.17) is 9.47 Å². The average Bonchev–Trinajstić information content (AvgIpc) is 3.41. The number of halogens is 3. The fraction of sp³-hybridized carbons (Fsp3) is 0.421. The van der Waals surface area contributed by atoms with Crippen LogP contribution in [0.3, 0.4) is 0 Å². The number of nitrogens with zero attached hydrogens (tertiary/aromatic N) is 5. The number of alkyl halides is 3. The van der Waals surface area contributed by atoms with Crippen molar-refractivity contribution in [2.45, 2.75) is 32.0 Å². The van der Waals surface area contributed by atoms with Crippen LogP contribution in [0.25, 0.3) is 0 Å². The first-order chi connectivity index (χ1) is 14.8. The second kappa shape index (κ2) is 8.61. The molecular formula is C19H19F3N6O2S. The molecule has 0 aromatic carbocycles. The van der Waals surface area contributed by atoms with Gasteiger partial charge in [0.2, 0.25) is 11.7 Å². The number of methoxy groups -OCH3 is 1. The second-order valence-corrected chi connectivity index (χ2v) is 8.28. The fourth-order valence-electron chi connectivity index (χ4n) is 3.01. The smallest absolute Gasteiger partial charge is 0.451 e. The summed E-state index contributed by atoms with van der Waals surface area (Å²) in [6.45, 7) is 2.24. The van der Waals surface area contributed by atoms with E-state index < -0.39 is 12.0 Å². The highest BCUT2D eigenvalue weighted by Gasteiger charge is 2.40. The zero-order chi connectivity index (χ0) is 22.0. The molecule has 0 unspecified atom stereocenters. The van der Waals surface area contributed by atoms with Crippen molar-refractivity contribution in [3.05, 3.63) is 45.9 Å². The van der Waals surface area contributed by atoms with Crippen molar-refractivity contribution >= 4 is 17.2 Å². The number of hydrogen-bond acceptors (Lipinski definition) is 9. The van der Waals surface area contributed by atoms with Crippen molar-refractivity contribution in [2.24, 2.45) is 5.92 Å². The van der Waals surface area contributed by atoms with Crippen LogP contribution < -0.4 is 14.8 Å². The first kappa shape index (κ1) is 21.2. The minimum atomic E-state index is -4.69. The first-order valence-corrected chi connectivity index (χ1v) is 10.3. The highest BCUT2D eigenvalue weighted by molar-refractivity contribution is 7.11. The Morgan fingerprint density at radius 3 is 2.71 bits per heavy atom. The summed E-state index contributed by atoms with van der Waals surface area (Å²) in [4.78, 5) is 11.4. The molecule has 3 aromatic heterocycles. The molecule has 1 aliphatic rings. The SMILES string of the molecule is COc1ccc([C@H]2C[C@@H]2COc2cc(NCc3nnc(C)s3)nc(C(F)(F)F)n2)nc1. The van der Waals surface area contributed by atoms with E-state index in [0.717, 1.165) is 17.1 Å². The Morgan fingerprint density at radius 2 is 2.06 bits per heavy atom. The summed E-state index contributed by atoms with van der Waals surface area (Å²) in [5, 5.41) is 12.1. The minimum Gasteiger partial charge on any atom is -0.495 e. The quantitative estimate of drug-likeness (QED) is 0.551. The van der Waals surface area contributed by atoms with Gasteiger partial charge in [-0.05, 0) is 25.5 Å². The molecule has 1 saturated carbocycles. The molecule has 12 heteroatoms. The molecule has 2 atom stereocenters. The Kier molecular flexibility index (Phi) is 5.90. The summed E-state index contributed by atoms with van der Waals surface area (Å²) in [6.07, 6.45) is -2.20. The van der Waals surface area contributed by atoms with E-state index in [-0.39, 0.29) is 36.7 Å². The van der Waals surface area contributed by atoms with Gasteiger partial charge in [-0.15, -0.1) is 10.2 Å². The van der Waals surface area contributed by atoms with Crippen LogP contribution in [0, 0.1) is 12.8 Å². The highest BCUT2D eigenvalue weighted by atomic mass is 32.1. The summed E-state index contributed by atoms with van der Waals surface area (Å²) >= 11 is 1.35. The summed E-state index contributed by atoms with van der Waals surface area (Å²) in [6, 6.07) is 5.06. The molecule has 0 bridgehead atoms. The Balaban J connectivity index is 1.40. The molecule has 3 heterocycles. The molecule has 1 fully saturated rings. The Hall–Kier alpha value is -3.02. The molecule has 0 spiro atoms. The second-order valence-electron chi connectivity index (χ2n) is 7.02. The third kappa shape index (κ3) is 5.37. The summed E-state index contributed by atoms with van der Waals surface area (Å²) in [7, 11) is 1.57. The summed E-state index contributed by atoms with van der Waals surface area (Å²) in [5.41, 5.74) is 0.905. The van der Waals surface area contributed by atoms with Crippen LogP contribution >= 0.6 is 11.3 Å². The van der Waals surface area contributed by atoms with Gasteiger partial charge in [-0.2, -0.15) is 18.2 Å². The van der Waals surface area contributed by atoms with Crippen molar-refractivity contribution in [3.63, 3.8) is 0 Å². The Morgan fingerprint density at radius 1 is 1.23 bits per heavy atom. The molecule has 0 radical (unpaired) electrons. The molecule has 4 rings (SSSR count). The van der Waals surface area contributed by atoms with E-state index in [9.17, 15) is 13.2 Å². The van der Waals surface area contributed by atoms with Crippen LogP contribution in [0.15, 0.2) is 24.4 Å². The standard InChI is InChI=1S/C19H19F3N6O2S/c1-10-27-28-17(31-10)8-24-15-6-16(26-18(25-15)19(20,21)22)30-9-11-5-13(11)14-4-3-12(29-2)7-23-14/h3-4,6-7,11,13H,5,8-9H2,1-2H3,(H,24,25,26)/t11-,13+/m1/s1. The summed E-state index contributed by atoms with van der Waals surface area (Å²) < 4.78 is 50.4. The van der Waals surface area contributed by atoms with Crippen molar-refractivity contribution in [1.82, 2.24) is 25.1 Å². The van der Waals surface area contributed by atoms with Gasteiger partial charge >= 0.3 is 6.18 Å². The molecule has 1 aliphatic carbocycles. The average molecular weight is 452 g/mol. The van der Waals surface area contributed by atoms with E-state index >= 15 is 0 Å². The van der Waals surface area contributed by atoms with E-state index in [1.807, 2.05) is 12.1 Å². The molecule has 3 aromatic rings. The third-order valence-electron chi connectivity index (χ3n) is 4.69. The van der Waals surface area contributed by atoms with Gasteiger partial charge in [-0.25, -0.2) is 4.98 Å². The van der Waals surface area contributed by atoms with E-state index in [2.05, 4.69) is 30.5 Å². The number of nitrogens with one attached hydrogen (secondary N) is 1. The zero-order valence-corrected chi connectivity index (χ0v) is 17.5. The maximum atomic E-state index is 13.2. The lowest BCUT2D eigenvalue weighted by Crippen LogP contribution is -2.15. The third-order valence-corrected chi connectivity index (χ3v) is 5.53. The van der Waals surface area contributed by atoms with E-state index in [1.165, 1.54) is 17.4 Å². The normalized spacial score (nSPS) is 18.0. The van der Waals surface area contributed by atoms with Gasteiger partial charge in [0.1, 0.15) is 21.6 Å². The number of aryl methyl sites for hydroxylation is 1. The minimum absolute atomic E-state index is 0.00865. The predicted octanol–water partition coefficient (Wildman–Crippen LogP) is 3.85. The van der Waals surface area contributed by atoms with Crippen LogP contribution in [-0.4, -0.2) is 38.9 Å². The van der Waals surface area contributed by atoms with Crippen LogP contribution in [0.2, 0.25) is 0 Å². The van der Waals surface area contributed by atoms with Crippen molar-refractivity contribution in [2.75, 3.05) is 19.0 Å². The van der Waals surface area contributed by atoms with Gasteiger partial charge < -0.3 is 14.8 Å². The van der Waals surface area contributed by atoms with Crippen molar-refractivity contribution in [3.8, 4) is 11.6 Å². The topological polar surface area (TPSA) is 94.9 Å². The van der Waals surface area contributed by atoms with Gasteiger partial charge in [0.15, 0.2) is 0 Å². The molecule has 0 saturated heterocycles. The maximum Gasteiger partial charge on any atom is 0.451 e. The van der Waals surface area contributed by atoms with Crippen LogP contribution in [0.1, 0.15) is 33.9 Å². The number of hydrogen-bond donors (Lipinski definition) is 1. The summed E-state index contributed by atoms with van der Waals surface area (Å²) in [5.74, 6) is -0.355. The first-order valence-electron chi connectivity index (χ1n) is 9.43. The number of anilines is 1. The maximum absolute atomic E-state index is 13.2. The van der Waals surface area contributed by atoms with Crippen LogP contribution in [0.4, 0.5) is 19.0 Å². The number of ether oxygens (including phenoxy) is 2. The molecule has 8 nitrogen and oxygen atoms in total. The van der Waals surface area contributed by atoms with Crippen molar-refractivity contribution in [1.29, 1.82) is 0 Å². The molecule has 1 N–H and O–H groups in total. The van der Waals surface area contributed by atoms with Gasteiger partial charge in [0.05, 0.1) is 26.5 Å². The van der Waals surface area contributed by atoms with Gasteiger partial charge in [0, 0.05) is 23.6 Å². The van der Waals surface area contributed by atoms with Gasteiger partial charge in [-0.3, -0.25) is 4.98 Å². The molecule has 0 aliphatic heterocycles. The molecule has 164 valence electrons. The Bertz CT molecular complexity index is 1040. The van der Waals surface area contributed by atoms with Crippen LogP contribution in [-0.2, 0) is 12.7 Å². The zero-order valence-electron chi connectivity index (χ0n) is 16.7. The van der Waals surface area contributed by atoms with Crippen molar-refractivity contribution < 1.29 is 22.6 Å². The lowest BCUT2D eigenvalue weighted by Gasteiger charge is -2.12. The fourth-order valence-corrected chi connectivity index (χ4v) is 3.66.